The van der Waals surface area contributed by atoms with Crippen molar-refractivity contribution < 1.29 is 22.3 Å². The second kappa shape index (κ2) is 8.61. The Hall–Kier alpha value is -0.970. The van der Waals surface area contributed by atoms with E-state index in [0.29, 0.717) is 0 Å². The fourth-order valence-corrected chi connectivity index (χ4v) is 6.09. The summed E-state index contributed by atoms with van der Waals surface area (Å²) in [6, 6.07) is 1.19. The van der Waals surface area contributed by atoms with Crippen molar-refractivity contribution in [2.75, 3.05) is 19.5 Å². The van der Waals surface area contributed by atoms with Gasteiger partial charge >= 0.3 is 13.3 Å². The molecule has 2 unspecified atom stereocenters. The Morgan fingerprint density at radius 1 is 1.23 bits per heavy atom. The van der Waals surface area contributed by atoms with Gasteiger partial charge in [0.2, 0.25) is 0 Å². The van der Waals surface area contributed by atoms with Gasteiger partial charge in [0.25, 0.3) is 5.56 Å². The molecule has 12 heteroatoms. The van der Waals surface area contributed by atoms with Crippen molar-refractivity contribution in [3.05, 3.63) is 45.3 Å². The molecular formula is C10H17N2O7P3. The summed E-state index contributed by atoms with van der Waals surface area (Å²) in [5, 5.41) is 0. The number of aromatic amines is 1. The number of H-pyrrole nitrogens is 1. The molecule has 0 fully saturated rings. The molecule has 0 saturated heterocycles. The van der Waals surface area contributed by atoms with Crippen LogP contribution in [0.5, 0.6) is 0 Å². The Kier molecular flexibility index (Phi) is 7.46. The van der Waals surface area contributed by atoms with Crippen molar-refractivity contribution in [3.63, 3.8) is 0 Å². The predicted octanol–water partition coefficient (Wildman–Crippen LogP) is 1.53. The molecule has 1 aromatic rings. The number of nitrogens with one attached hydrogen (secondary N) is 1. The van der Waals surface area contributed by atoms with Crippen LogP contribution in [0.4, 0.5) is 0 Å². The summed E-state index contributed by atoms with van der Waals surface area (Å²) in [4.78, 5) is 24.4. The summed E-state index contributed by atoms with van der Waals surface area (Å²) in [7, 11) is -8.79. The second-order valence-corrected chi connectivity index (χ2v) is 9.21. The molecule has 1 heterocycles. The minimum Gasteiger partial charge on any atom is -0.297 e. The van der Waals surface area contributed by atoms with E-state index in [0.717, 1.165) is 0 Å². The number of nitrogens with zero attached hydrogens (tertiary/aromatic N) is 1. The van der Waals surface area contributed by atoms with Crippen LogP contribution in [0.2, 0.25) is 0 Å². The monoisotopic (exact) mass is 370 g/mol. The lowest BCUT2D eigenvalue weighted by Gasteiger charge is -2.13. The zero-order chi connectivity index (χ0) is 16.8. The molecule has 0 aliphatic rings. The third-order valence-corrected chi connectivity index (χ3v) is 7.17. The Morgan fingerprint density at radius 3 is 2.32 bits per heavy atom. The van der Waals surface area contributed by atoms with Gasteiger partial charge in [-0.15, -0.1) is 0 Å². The fourth-order valence-electron chi connectivity index (χ4n) is 1.46. The molecule has 2 atom stereocenters. The molecule has 9 nitrogen and oxygen atoms in total. The van der Waals surface area contributed by atoms with Gasteiger partial charge in [-0.3, -0.25) is 36.7 Å². The average Bonchev–Trinajstić information content (AvgIpc) is 2.34. The predicted molar refractivity (Wildman–Crippen MR) is 85.0 cm³/mol. The van der Waals surface area contributed by atoms with E-state index in [-0.39, 0.29) is 12.7 Å². The maximum atomic E-state index is 12.2. The van der Waals surface area contributed by atoms with Crippen LogP contribution in [0.15, 0.2) is 34.0 Å². The molecule has 0 spiro atoms. The van der Waals surface area contributed by atoms with Crippen LogP contribution in [-0.4, -0.2) is 29.0 Å². The molecule has 0 saturated carbocycles. The number of rotatable bonds is 8. The van der Waals surface area contributed by atoms with Crippen LogP contribution >= 0.6 is 23.7 Å². The SMILES string of the molecule is C[PH](=O)OP(=O)(C/C=C\Cn1ccc(=O)[nH]c1=O)O[PH](C)=O. The van der Waals surface area contributed by atoms with Gasteiger partial charge in [-0.05, 0) is 0 Å². The van der Waals surface area contributed by atoms with E-state index < -0.39 is 34.9 Å². The van der Waals surface area contributed by atoms with Gasteiger partial charge < -0.3 is 0 Å². The summed E-state index contributed by atoms with van der Waals surface area (Å²) in [6.07, 6.45) is 4.00. The Morgan fingerprint density at radius 2 is 1.82 bits per heavy atom. The first-order valence-electron chi connectivity index (χ1n) is 6.16. The molecule has 0 aromatic carbocycles. The van der Waals surface area contributed by atoms with Crippen LogP contribution in [-0.2, 0) is 28.9 Å². The van der Waals surface area contributed by atoms with E-state index in [1.165, 1.54) is 42.3 Å². The van der Waals surface area contributed by atoms with Crippen molar-refractivity contribution >= 4 is 23.7 Å². The number of allylic oxidation sites excluding steroid dienone is 2. The molecule has 0 amide bonds. The topological polar surface area (TPSA) is 125 Å². The summed E-state index contributed by atoms with van der Waals surface area (Å²) in [5.74, 6) is 0. The van der Waals surface area contributed by atoms with Crippen LogP contribution in [0.25, 0.3) is 0 Å². The third-order valence-electron chi connectivity index (χ3n) is 2.23. The minimum absolute atomic E-state index is 0.123. The van der Waals surface area contributed by atoms with Gasteiger partial charge in [0.15, 0.2) is 16.1 Å². The lowest BCUT2D eigenvalue weighted by Crippen LogP contribution is -2.28. The molecule has 0 aliphatic heterocycles. The molecule has 124 valence electrons. The second-order valence-electron chi connectivity index (χ2n) is 4.19. The van der Waals surface area contributed by atoms with Crippen molar-refractivity contribution in [1.82, 2.24) is 9.55 Å². The van der Waals surface area contributed by atoms with Gasteiger partial charge in [0.1, 0.15) is 0 Å². The van der Waals surface area contributed by atoms with Gasteiger partial charge in [-0.1, -0.05) is 12.2 Å². The summed E-state index contributed by atoms with van der Waals surface area (Å²) in [6.45, 7) is 2.62. The highest BCUT2D eigenvalue weighted by molar-refractivity contribution is 7.66. The average molecular weight is 370 g/mol. The van der Waals surface area contributed by atoms with Crippen molar-refractivity contribution in [2.45, 2.75) is 6.54 Å². The van der Waals surface area contributed by atoms with Crippen LogP contribution in [0.3, 0.4) is 0 Å². The van der Waals surface area contributed by atoms with Gasteiger partial charge in [0.05, 0.1) is 6.16 Å². The first-order valence-corrected chi connectivity index (χ1v) is 11.5. The zero-order valence-electron chi connectivity index (χ0n) is 12.0. The van der Waals surface area contributed by atoms with E-state index >= 15 is 0 Å². The van der Waals surface area contributed by atoms with Crippen molar-refractivity contribution in [1.29, 1.82) is 0 Å². The summed E-state index contributed by atoms with van der Waals surface area (Å²) in [5.41, 5.74) is -1.08. The number of hydrogen-bond donors (Lipinski definition) is 1. The molecule has 0 bridgehead atoms. The van der Waals surface area contributed by atoms with Crippen LogP contribution in [0, 0.1) is 0 Å². The van der Waals surface area contributed by atoms with E-state index in [9.17, 15) is 23.3 Å². The zero-order valence-corrected chi connectivity index (χ0v) is 14.9. The lowest BCUT2D eigenvalue weighted by atomic mass is 10.5. The highest BCUT2D eigenvalue weighted by Gasteiger charge is 2.26. The number of aromatic nitrogens is 2. The lowest BCUT2D eigenvalue weighted by molar-refractivity contribution is 0.397. The van der Waals surface area contributed by atoms with Crippen LogP contribution in [0.1, 0.15) is 0 Å². The molecule has 0 radical (unpaired) electrons. The van der Waals surface area contributed by atoms with E-state index in [1.807, 2.05) is 0 Å². The molecule has 1 N–H and O–H groups in total. The quantitative estimate of drug-likeness (QED) is 0.543. The fraction of sp³-hybridized carbons (Fsp3) is 0.400. The van der Waals surface area contributed by atoms with Crippen molar-refractivity contribution in [2.24, 2.45) is 0 Å². The maximum absolute atomic E-state index is 12.2. The molecule has 0 aliphatic carbocycles. The Bertz CT molecular complexity index is 731. The Balaban J connectivity index is 2.74. The van der Waals surface area contributed by atoms with Gasteiger partial charge in [-0.25, -0.2) is 4.79 Å². The largest absolute Gasteiger partial charge is 0.345 e. The smallest absolute Gasteiger partial charge is 0.297 e. The molecule has 22 heavy (non-hydrogen) atoms. The maximum Gasteiger partial charge on any atom is 0.345 e. The first-order chi connectivity index (χ1) is 10.2. The molecule has 1 rings (SSSR count). The highest BCUT2D eigenvalue weighted by atomic mass is 31.3. The Labute approximate surface area is 127 Å². The van der Waals surface area contributed by atoms with E-state index in [2.05, 4.69) is 4.98 Å². The van der Waals surface area contributed by atoms with E-state index in [1.54, 1.807) is 0 Å². The summed E-state index contributed by atoms with van der Waals surface area (Å²) >= 11 is 0. The molecular weight excluding hydrogens is 353 g/mol. The van der Waals surface area contributed by atoms with Gasteiger partial charge in [0, 0.05) is 32.1 Å². The molecule has 1 aromatic heterocycles. The standard InChI is InChI=1S/C10H17N2O7P3/c1-20(15)18-22(17,19-21(2)16)8-4-3-6-12-7-5-9(13)11-10(12)14/h3-5,7,20-21H,6,8H2,1-2H3,(H,11,13,14)/b4-3-. The first kappa shape index (κ1) is 19.1. The third kappa shape index (κ3) is 6.86. The summed E-state index contributed by atoms with van der Waals surface area (Å²) < 4.78 is 45.1. The van der Waals surface area contributed by atoms with Crippen LogP contribution < -0.4 is 11.2 Å². The van der Waals surface area contributed by atoms with Crippen molar-refractivity contribution in [3.8, 4) is 0 Å². The highest BCUT2D eigenvalue weighted by Crippen LogP contribution is 2.59. The number of hydrogen-bond acceptors (Lipinski definition) is 7. The van der Waals surface area contributed by atoms with Gasteiger partial charge in [-0.2, -0.15) is 0 Å². The van der Waals surface area contributed by atoms with E-state index in [4.69, 9.17) is 8.62 Å². The normalized spacial score (nSPS) is 17.2. The minimum atomic E-state index is -3.74.